The molecule has 1 aromatic heterocycles. The summed E-state index contributed by atoms with van der Waals surface area (Å²) < 4.78 is 2.06. The van der Waals surface area contributed by atoms with E-state index >= 15 is 0 Å². The molecule has 3 rings (SSSR count). The van der Waals surface area contributed by atoms with E-state index in [-0.39, 0.29) is 17.9 Å². The van der Waals surface area contributed by atoms with E-state index in [1.807, 2.05) is 4.90 Å². The van der Waals surface area contributed by atoms with Crippen molar-refractivity contribution < 1.29 is 9.59 Å². The van der Waals surface area contributed by atoms with Crippen molar-refractivity contribution in [2.45, 2.75) is 98.3 Å². The van der Waals surface area contributed by atoms with Gasteiger partial charge in [0.15, 0.2) is 0 Å². The van der Waals surface area contributed by atoms with Crippen molar-refractivity contribution >= 4 is 11.8 Å². The summed E-state index contributed by atoms with van der Waals surface area (Å²) in [5.74, 6) is 0.541. The topological polar surface area (TPSA) is 70.5 Å². The van der Waals surface area contributed by atoms with Gasteiger partial charge >= 0.3 is 0 Å². The Labute approximate surface area is 187 Å². The fraction of sp³-hybridized carbons (Fsp3) is 0.792. The lowest BCUT2D eigenvalue weighted by Gasteiger charge is -2.52. The van der Waals surface area contributed by atoms with Gasteiger partial charge < -0.3 is 10.2 Å². The number of aromatic nitrogens is 2. The van der Waals surface area contributed by atoms with Crippen LogP contribution in [0.2, 0.25) is 0 Å². The van der Waals surface area contributed by atoms with E-state index in [0.29, 0.717) is 31.7 Å². The first kappa shape index (κ1) is 23.8. The maximum absolute atomic E-state index is 13.4. The Kier molecular flexibility index (Phi) is 7.45. The molecule has 0 saturated carbocycles. The van der Waals surface area contributed by atoms with Crippen molar-refractivity contribution in [3.05, 3.63) is 17.0 Å². The van der Waals surface area contributed by atoms with Gasteiger partial charge in [0.1, 0.15) is 11.6 Å². The molecule has 1 spiro atoms. The number of carbonyl (C=O) groups is 2. The quantitative estimate of drug-likeness (QED) is 0.687. The number of piperazine rings is 1. The molecule has 7 heteroatoms. The first-order valence-corrected chi connectivity index (χ1v) is 12.1. The molecule has 2 amide bonds. The van der Waals surface area contributed by atoms with Crippen molar-refractivity contribution in [3.8, 4) is 0 Å². The number of likely N-dealkylation sites (tertiary alicyclic amines) is 1. The van der Waals surface area contributed by atoms with E-state index in [0.717, 1.165) is 44.7 Å². The minimum absolute atomic E-state index is 0.0552. The molecule has 3 heterocycles. The molecule has 1 N–H and O–H groups in total. The van der Waals surface area contributed by atoms with Gasteiger partial charge in [-0.05, 0) is 52.4 Å². The molecular weight excluding hydrogens is 390 g/mol. The average Bonchev–Trinajstić information content (AvgIpc) is 3.00. The van der Waals surface area contributed by atoms with Crippen LogP contribution in [-0.4, -0.2) is 62.6 Å². The molecule has 7 nitrogen and oxygen atoms in total. The summed E-state index contributed by atoms with van der Waals surface area (Å²) in [5.41, 5.74) is 2.92. The molecule has 2 aliphatic rings. The molecule has 0 unspecified atom stereocenters. The van der Waals surface area contributed by atoms with Crippen molar-refractivity contribution in [1.29, 1.82) is 0 Å². The van der Waals surface area contributed by atoms with Crippen LogP contribution in [0.1, 0.15) is 76.8 Å². The van der Waals surface area contributed by atoms with Gasteiger partial charge in [-0.15, -0.1) is 0 Å². The van der Waals surface area contributed by atoms with E-state index in [4.69, 9.17) is 0 Å². The normalized spacial score (nSPS) is 21.9. The molecule has 0 bridgehead atoms. The summed E-state index contributed by atoms with van der Waals surface area (Å²) >= 11 is 0. The Hall–Kier alpha value is -1.89. The molecule has 2 saturated heterocycles. The van der Waals surface area contributed by atoms with Crippen LogP contribution in [0.5, 0.6) is 0 Å². The number of aryl methyl sites for hydroxylation is 2. The molecule has 0 radical (unpaired) electrons. The molecule has 1 atom stereocenters. The van der Waals surface area contributed by atoms with Gasteiger partial charge in [0, 0.05) is 44.0 Å². The number of unbranched alkanes of at least 4 members (excludes halogenated alkanes) is 1. The van der Waals surface area contributed by atoms with Gasteiger partial charge in [-0.3, -0.25) is 19.2 Å². The highest BCUT2D eigenvalue weighted by Crippen LogP contribution is 2.35. The van der Waals surface area contributed by atoms with Gasteiger partial charge in [0.2, 0.25) is 11.8 Å². The van der Waals surface area contributed by atoms with Gasteiger partial charge in [0.05, 0.1) is 5.69 Å². The van der Waals surface area contributed by atoms with Crippen LogP contribution in [0.15, 0.2) is 0 Å². The molecule has 2 aliphatic heterocycles. The minimum atomic E-state index is -0.687. The zero-order valence-electron chi connectivity index (χ0n) is 20.3. The predicted octanol–water partition coefficient (Wildman–Crippen LogP) is 3.03. The summed E-state index contributed by atoms with van der Waals surface area (Å²) in [5, 5.41) is 7.75. The summed E-state index contributed by atoms with van der Waals surface area (Å²) in [4.78, 5) is 31.1. The van der Waals surface area contributed by atoms with E-state index < -0.39 is 5.54 Å². The Morgan fingerprint density at radius 2 is 1.84 bits per heavy atom. The molecule has 31 heavy (non-hydrogen) atoms. The maximum Gasteiger partial charge on any atom is 0.246 e. The van der Waals surface area contributed by atoms with Gasteiger partial charge in [-0.25, -0.2) is 0 Å². The summed E-state index contributed by atoms with van der Waals surface area (Å²) in [7, 11) is 0. The number of hydrogen-bond donors (Lipinski definition) is 1. The zero-order chi connectivity index (χ0) is 22.8. The van der Waals surface area contributed by atoms with E-state index in [1.54, 1.807) is 0 Å². The second-order valence-corrected chi connectivity index (χ2v) is 9.77. The molecule has 174 valence electrons. The number of piperidine rings is 1. The van der Waals surface area contributed by atoms with Crippen LogP contribution in [-0.2, 0) is 22.7 Å². The number of amides is 2. The Balaban J connectivity index is 1.75. The predicted molar refractivity (Wildman–Crippen MR) is 123 cm³/mol. The van der Waals surface area contributed by atoms with Crippen molar-refractivity contribution in [3.63, 3.8) is 0 Å². The maximum atomic E-state index is 13.4. The highest BCUT2D eigenvalue weighted by molar-refractivity contribution is 6.00. The van der Waals surface area contributed by atoms with Gasteiger partial charge in [-0.1, -0.05) is 27.2 Å². The van der Waals surface area contributed by atoms with E-state index in [2.05, 4.69) is 61.5 Å². The van der Waals surface area contributed by atoms with E-state index in [9.17, 15) is 9.59 Å². The fourth-order valence-corrected chi connectivity index (χ4v) is 5.22. The van der Waals surface area contributed by atoms with Crippen LogP contribution in [0, 0.1) is 19.8 Å². The third kappa shape index (κ3) is 4.66. The lowest BCUT2D eigenvalue weighted by Crippen LogP contribution is -2.73. The Bertz CT molecular complexity index is 792. The van der Waals surface area contributed by atoms with Crippen LogP contribution >= 0.6 is 0 Å². The lowest BCUT2D eigenvalue weighted by molar-refractivity contribution is -0.161. The Morgan fingerprint density at radius 3 is 2.39 bits per heavy atom. The van der Waals surface area contributed by atoms with Crippen molar-refractivity contribution in [2.75, 3.05) is 19.6 Å². The standard InChI is InChI=1S/C24H41N5O2/c1-7-9-12-28-22(30)21(15-17(3)4)25-23(31)24(28)10-13-27(14-11-24)16-20-18(5)26-29(8-2)19(20)6/h17,21H,7-16H2,1-6H3,(H,25,31)/t21-/m0/s1. The van der Waals surface area contributed by atoms with Crippen LogP contribution in [0.3, 0.4) is 0 Å². The lowest BCUT2D eigenvalue weighted by atomic mass is 9.80. The Morgan fingerprint density at radius 1 is 1.16 bits per heavy atom. The first-order chi connectivity index (χ1) is 14.7. The van der Waals surface area contributed by atoms with E-state index in [1.165, 1.54) is 11.3 Å². The van der Waals surface area contributed by atoms with Gasteiger partial charge in [0.25, 0.3) is 0 Å². The number of nitrogens with zero attached hydrogens (tertiary/aromatic N) is 4. The van der Waals surface area contributed by atoms with Gasteiger partial charge in [-0.2, -0.15) is 5.10 Å². The summed E-state index contributed by atoms with van der Waals surface area (Å²) in [6.45, 7) is 16.7. The zero-order valence-corrected chi connectivity index (χ0v) is 20.3. The largest absolute Gasteiger partial charge is 0.342 e. The van der Waals surface area contributed by atoms with Crippen LogP contribution in [0.25, 0.3) is 0 Å². The highest BCUT2D eigenvalue weighted by atomic mass is 16.2. The molecule has 1 aromatic rings. The number of nitrogens with one attached hydrogen (secondary N) is 1. The molecule has 2 fully saturated rings. The average molecular weight is 432 g/mol. The van der Waals surface area contributed by atoms with Crippen LogP contribution < -0.4 is 5.32 Å². The fourth-order valence-electron chi connectivity index (χ4n) is 5.22. The van der Waals surface area contributed by atoms with Crippen molar-refractivity contribution in [1.82, 2.24) is 24.9 Å². The first-order valence-electron chi connectivity index (χ1n) is 12.1. The summed E-state index contributed by atoms with van der Waals surface area (Å²) in [6.07, 6.45) is 4.05. The number of carbonyl (C=O) groups excluding carboxylic acids is 2. The van der Waals surface area contributed by atoms with Crippen LogP contribution in [0.4, 0.5) is 0 Å². The van der Waals surface area contributed by atoms with Crippen molar-refractivity contribution in [2.24, 2.45) is 5.92 Å². The highest BCUT2D eigenvalue weighted by Gasteiger charge is 2.53. The smallest absolute Gasteiger partial charge is 0.246 e. The molecule has 0 aliphatic carbocycles. The second-order valence-electron chi connectivity index (χ2n) is 9.77. The molecule has 0 aromatic carbocycles. The summed E-state index contributed by atoms with van der Waals surface area (Å²) in [6, 6.07) is -0.377. The monoisotopic (exact) mass is 431 g/mol. The number of hydrogen-bond acceptors (Lipinski definition) is 4. The minimum Gasteiger partial charge on any atom is -0.342 e. The third-order valence-electron chi connectivity index (χ3n) is 7.15. The molecular formula is C24H41N5O2. The SMILES string of the molecule is CCCCN1C(=O)[C@H](CC(C)C)NC(=O)C12CCN(Cc1c(C)nn(CC)c1C)CC2. The second kappa shape index (κ2) is 9.72. The number of rotatable bonds is 8. The third-order valence-corrected chi connectivity index (χ3v) is 7.15.